The second-order valence-corrected chi connectivity index (χ2v) is 13.8. The lowest BCUT2D eigenvalue weighted by molar-refractivity contribution is -0.145. The first kappa shape index (κ1) is 48.1. The largest absolute Gasteiger partial charge is 0.481 e. The molecule has 0 radical (unpaired) electrons. The zero-order valence-electron chi connectivity index (χ0n) is 33.9. The minimum Gasteiger partial charge on any atom is -0.481 e. The van der Waals surface area contributed by atoms with Gasteiger partial charge in [-0.1, -0.05) is 59.7 Å². The van der Waals surface area contributed by atoms with Crippen LogP contribution in [-0.4, -0.2) is 64.1 Å². The van der Waals surface area contributed by atoms with E-state index < -0.39 is 35.9 Å². The van der Waals surface area contributed by atoms with Crippen LogP contribution in [0.2, 0.25) is 0 Å². The highest BCUT2D eigenvalue weighted by Crippen LogP contribution is 2.28. The minimum absolute atomic E-state index is 0.00585. The molecule has 304 valence electrons. The number of aliphatic carboxylic acids is 1. The Hall–Kier alpha value is -7.00. The molecule has 13 heteroatoms. The molecule has 0 aromatic heterocycles. The summed E-state index contributed by atoms with van der Waals surface area (Å²) in [6.45, 7) is 24.5. The van der Waals surface area contributed by atoms with Gasteiger partial charge in [0.25, 0.3) is 0 Å². The maximum absolute atomic E-state index is 12.6. The lowest BCUT2D eigenvalue weighted by atomic mass is 9.89. The molecule has 0 aliphatic heterocycles. The van der Waals surface area contributed by atoms with Crippen LogP contribution in [0.5, 0.6) is 0 Å². The Morgan fingerprint density at radius 2 is 1.05 bits per heavy atom. The van der Waals surface area contributed by atoms with Crippen molar-refractivity contribution in [1.82, 2.24) is 5.32 Å². The molecule has 4 rings (SSSR count). The van der Waals surface area contributed by atoms with Gasteiger partial charge in [-0.3, -0.25) is 19.2 Å². The van der Waals surface area contributed by atoms with Gasteiger partial charge in [0.15, 0.2) is 22.9 Å². The summed E-state index contributed by atoms with van der Waals surface area (Å²) < 4.78 is 0. The van der Waals surface area contributed by atoms with Gasteiger partial charge in [0.2, 0.25) is 5.91 Å². The standard InChI is InChI=1S/C23H23N3O3.C14H17NO3.C9H8N2O/c1-14-15(2)21(25-4)10-9-19(14)11-20(16(3)27)23(29)26-13-22(28)18-7-5-17(12-24)6-8-18;1-8-9(2)13(15-4)6-5-11(8)7-12(10(3)16)14(17)18;10-5-7-1-3-8(4-2-7)9(12)6-11/h5-10,16,20,27H,11,13H2,1-3H3,(H,26,29);5-6,10,12,16H,7H2,1-3H3,(H,17,18);1-4H,6,11H2/t16-,20-;10-,12-;/m11./s1. The number of benzene rings is 4. The van der Waals surface area contributed by atoms with Gasteiger partial charge >= 0.3 is 5.97 Å². The Morgan fingerprint density at radius 3 is 1.39 bits per heavy atom. The molecule has 0 unspecified atom stereocenters. The maximum Gasteiger partial charge on any atom is 0.309 e. The van der Waals surface area contributed by atoms with E-state index in [4.69, 9.17) is 34.5 Å². The van der Waals surface area contributed by atoms with Crippen LogP contribution < -0.4 is 11.1 Å². The number of carboxylic acid groups (broad SMARTS) is 1. The number of carboxylic acids is 1. The van der Waals surface area contributed by atoms with Crippen LogP contribution in [0, 0.1) is 75.3 Å². The van der Waals surface area contributed by atoms with Crippen LogP contribution in [0.4, 0.5) is 11.4 Å². The summed E-state index contributed by atoms with van der Waals surface area (Å²) in [5, 5.41) is 48.5. The Balaban J connectivity index is 0.000000339. The molecule has 4 aromatic rings. The number of amides is 1. The predicted octanol–water partition coefficient (Wildman–Crippen LogP) is 6.44. The molecule has 4 aromatic carbocycles. The van der Waals surface area contributed by atoms with Crippen molar-refractivity contribution in [2.75, 3.05) is 13.1 Å². The van der Waals surface area contributed by atoms with Crippen molar-refractivity contribution in [1.29, 1.82) is 10.5 Å². The number of nitrogens with two attached hydrogens (primary N) is 1. The topological polar surface area (TPSA) is 223 Å². The molecular formula is C46H48N6O7. The highest BCUT2D eigenvalue weighted by molar-refractivity contribution is 5.99. The molecule has 13 nitrogen and oxygen atoms in total. The van der Waals surface area contributed by atoms with Crippen LogP contribution in [0.25, 0.3) is 9.69 Å². The molecule has 4 atom stereocenters. The summed E-state index contributed by atoms with van der Waals surface area (Å²) in [5.41, 5.74) is 13.6. The molecule has 0 spiro atoms. The number of hydrogen-bond acceptors (Lipinski definition) is 9. The normalized spacial score (nSPS) is 12.1. The number of nitrogens with zero attached hydrogens (tertiary/aromatic N) is 4. The molecule has 59 heavy (non-hydrogen) atoms. The van der Waals surface area contributed by atoms with Gasteiger partial charge in [0.1, 0.15) is 0 Å². The quantitative estimate of drug-likeness (QED) is 0.0735. The first-order chi connectivity index (χ1) is 27.9. The zero-order valence-corrected chi connectivity index (χ0v) is 33.9. The third kappa shape index (κ3) is 13.9. The highest BCUT2D eigenvalue weighted by atomic mass is 16.4. The average Bonchev–Trinajstić information content (AvgIpc) is 3.23. The number of ketones is 2. The van der Waals surface area contributed by atoms with Gasteiger partial charge in [0.05, 0.1) is 73.5 Å². The first-order valence-electron chi connectivity index (χ1n) is 18.5. The van der Waals surface area contributed by atoms with E-state index in [1.165, 1.54) is 6.92 Å². The van der Waals surface area contributed by atoms with Crippen LogP contribution in [-0.2, 0) is 22.4 Å². The summed E-state index contributed by atoms with van der Waals surface area (Å²) in [5.74, 6) is -3.34. The third-order valence-corrected chi connectivity index (χ3v) is 9.96. The molecule has 0 saturated heterocycles. The summed E-state index contributed by atoms with van der Waals surface area (Å²) >= 11 is 0. The molecule has 0 saturated carbocycles. The molecule has 0 bridgehead atoms. The fourth-order valence-electron chi connectivity index (χ4n) is 5.81. The molecule has 0 heterocycles. The van der Waals surface area contributed by atoms with Crippen molar-refractivity contribution < 1.29 is 34.5 Å². The van der Waals surface area contributed by atoms with Gasteiger partial charge in [-0.2, -0.15) is 10.5 Å². The van der Waals surface area contributed by atoms with Crippen molar-refractivity contribution in [2.24, 2.45) is 17.6 Å². The molecule has 0 aliphatic rings. The van der Waals surface area contributed by atoms with E-state index in [-0.39, 0.29) is 31.1 Å². The summed E-state index contributed by atoms with van der Waals surface area (Å²) in [7, 11) is 0. The van der Waals surface area contributed by atoms with Gasteiger partial charge in [-0.25, -0.2) is 9.69 Å². The number of carbonyl (C=O) groups excluding carboxylic acids is 3. The van der Waals surface area contributed by atoms with Crippen molar-refractivity contribution in [2.45, 2.75) is 66.6 Å². The Kier molecular flexibility index (Phi) is 19.0. The number of nitriles is 2. The van der Waals surface area contributed by atoms with E-state index in [9.17, 15) is 29.4 Å². The van der Waals surface area contributed by atoms with Crippen molar-refractivity contribution in [3.05, 3.63) is 151 Å². The number of nitrogens with one attached hydrogen (secondary N) is 1. The number of hydrogen-bond donors (Lipinski definition) is 5. The van der Waals surface area contributed by atoms with E-state index in [0.717, 1.165) is 33.4 Å². The van der Waals surface area contributed by atoms with Crippen molar-refractivity contribution in [3.8, 4) is 12.1 Å². The van der Waals surface area contributed by atoms with Crippen molar-refractivity contribution >= 4 is 34.8 Å². The smallest absolute Gasteiger partial charge is 0.309 e. The number of carbonyl (C=O) groups is 4. The Morgan fingerprint density at radius 1 is 0.661 bits per heavy atom. The molecule has 6 N–H and O–H groups in total. The molecule has 1 amide bonds. The van der Waals surface area contributed by atoms with Crippen LogP contribution >= 0.6 is 0 Å². The minimum atomic E-state index is -1.00. The number of rotatable bonds is 13. The van der Waals surface area contributed by atoms with Gasteiger partial charge in [-0.05, 0) is 101 Å². The molecule has 0 aliphatic carbocycles. The van der Waals surface area contributed by atoms with E-state index in [1.54, 1.807) is 79.7 Å². The number of aliphatic hydroxyl groups is 2. The monoisotopic (exact) mass is 796 g/mol. The number of aliphatic hydroxyl groups excluding tert-OH is 2. The van der Waals surface area contributed by atoms with E-state index in [2.05, 4.69) is 15.0 Å². The highest BCUT2D eigenvalue weighted by Gasteiger charge is 2.26. The van der Waals surface area contributed by atoms with E-state index in [0.29, 0.717) is 40.0 Å². The summed E-state index contributed by atoms with van der Waals surface area (Å²) in [6, 6.07) is 23.5. The van der Waals surface area contributed by atoms with Gasteiger partial charge in [-0.15, -0.1) is 0 Å². The fourth-order valence-corrected chi connectivity index (χ4v) is 5.81. The van der Waals surface area contributed by atoms with Crippen LogP contribution in [0.1, 0.15) is 79.1 Å². The molecule has 0 fully saturated rings. The number of Topliss-reactive ketones (excluding diaryl/α,β-unsaturated/α-hetero) is 2. The summed E-state index contributed by atoms with van der Waals surface area (Å²) in [6.07, 6.45) is -1.22. The SMILES string of the molecule is N#Cc1ccc(C(=O)CN)cc1.[C-]#[N+]c1ccc(C[C@@H](C(=O)NCC(=O)c2ccc(C#N)cc2)[C@@H](C)O)c(C)c1C.[C-]#[N+]c1ccc(C[C@@H](C(=O)O)[C@@H](C)O)c(C)c1C. The van der Waals surface area contributed by atoms with Gasteiger partial charge in [0, 0.05) is 11.1 Å². The first-order valence-corrected chi connectivity index (χ1v) is 18.5. The Bertz CT molecular complexity index is 2310. The lowest BCUT2D eigenvalue weighted by Crippen LogP contribution is -2.40. The van der Waals surface area contributed by atoms with Gasteiger partial charge < -0.3 is 26.4 Å². The predicted molar refractivity (Wildman–Crippen MR) is 223 cm³/mol. The van der Waals surface area contributed by atoms with E-state index >= 15 is 0 Å². The Labute approximate surface area is 345 Å². The van der Waals surface area contributed by atoms with E-state index in [1.807, 2.05) is 39.8 Å². The molecular weight excluding hydrogens is 749 g/mol. The third-order valence-electron chi connectivity index (χ3n) is 9.96. The van der Waals surface area contributed by atoms with Crippen LogP contribution in [0.15, 0.2) is 72.8 Å². The second kappa shape index (κ2) is 23.3. The average molecular weight is 797 g/mol. The second-order valence-electron chi connectivity index (χ2n) is 13.8. The lowest BCUT2D eigenvalue weighted by Gasteiger charge is -2.21. The zero-order chi connectivity index (χ0) is 44.4. The maximum atomic E-state index is 12.6. The fraction of sp³-hybridized carbons (Fsp3) is 0.304. The summed E-state index contributed by atoms with van der Waals surface area (Å²) in [4.78, 5) is 53.9. The van der Waals surface area contributed by atoms with Crippen LogP contribution in [0.3, 0.4) is 0 Å². The van der Waals surface area contributed by atoms with Crippen molar-refractivity contribution in [3.63, 3.8) is 0 Å².